The third-order valence-corrected chi connectivity index (χ3v) is 6.23. The number of halogens is 2. The van der Waals surface area contributed by atoms with Gasteiger partial charge in [0.2, 0.25) is 11.8 Å². The van der Waals surface area contributed by atoms with E-state index in [2.05, 4.69) is 36.5 Å². The van der Waals surface area contributed by atoms with Crippen LogP contribution in [0.2, 0.25) is 10.0 Å². The normalized spacial score (nSPS) is 12.0. The average Bonchev–Trinajstić information content (AvgIpc) is 2.78. The van der Waals surface area contributed by atoms with Crippen molar-refractivity contribution in [2.24, 2.45) is 5.92 Å². The molecule has 1 atom stereocenters. The summed E-state index contributed by atoms with van der Waals surface area (Å²) in [5.74, 6) is 0.0850. The molecule has 1 unspecified atom stereocenters. The zero-order valence-corrected chi connectivity index (χ0v) is 21.0. The second-order valence-electron chi connectivity index (χ2n) is 8.45. The summed E-state index contributed by atoms with van der Waals surface area (Å²) in [6.07, 6.45) is 2.40. The minimum Gasteiger partial charge on any atom is -0.354 e. The zero-order valence-electron chi connectivity index (χ0n) is 19.5. The number of rotatable bonds is 11. The van der Waals surface area contributed by atoms with Gasteiger partial charge < -0.3 is 10.2 Å². The lowest BCUT2D eigenvalue weighted by molar-refractivity contribution is -0.141. The van der Waals surface area contributed by atoms with E-state index in [-0.39, 0.29) is 18.4 Å². The zero-order chi connectivity index (χ0) is 23.7. The number of hydrogen-bond acceptors (Lipinski definition) is 2. The fraction of sp³-hybridized carbons (Fsp3) is 0.462. The molecule has 6 heteroatoms. The summed E-state index contributed by atoms with van der Waals surface area (Å²) < 4.78 is 0. The summed E-state index contributed by atoms with van der Waals surface area (Å²) in [5.41, 5.74) is 3.03. The molecule has 0 heterocycles. The van der Waals surface area contributed by atoms with Crippen LogP contribution in [0.4, 0.5) is 0 Å². The van der Waals surface area contributed by atoms with Gasteiger partial charge in [0.25, 0.3) is 0 Å². The van der Waals surface area contributed by atoms with Crippen molar-refractivity contribution in [2.75, 3.05) is 6.54 Å². The Bertz CT molecular complexity index is 877. The largest absolute Gasteiger partial charge is 0.354 e. The van der Waals surface area contributed by atoms with Crippen molar-refractivity contribution in [3.8, 4) is 0 Å². The molecule has 0 aromatic heterocycles. The predicted molar refractivity (Wildman–Crippen MR) is 133 cm³/mol. The summed E-state index contributed by atoms with van der Waals surface area (Å²) in [6.45, 7) is 8.87. The highest BCUT2D eigenvalue weighted by atomic mass is 35.5. The third-order valence-electron chi connectivity index (χ3n) is 5.52. The Labute approximate surface area is 202 Å². The number of hydrogen-bond donors (Lipinski definition) is 1. The molecular weight excluding hydrogens is 443 g/mol. The van der Waals surface area contributed by atoms with Crippen LogP contribution < -0.4 is 5.32 Å². The van der Waals surface area contributed by atoms with E-state index < -0.39 is 6.04 Å². The van der Waals surface area contributed by atoms with Crippen LogP contribution in [0, 0.1) is 5.92 Å². The standard InChI is InChI=1S/C26H34Cl2N2O2/c1-5-19-10-12-20(13-11-19)14-15-25(31)30(17-21-22(27)8-7-9-23(21)28)24(6-2)26(32)29-16-18(3)4/h7-13,18,24H,5-6,14-17H2,1-4H3,(H,29,32). The first-order valence-electron chi connectivity index (χ1n) is 11.3. The summed E-state index contributed by atoms with van der Waals surface area (Å²) in [7, 11) is 0. The molecule has 32 heavy (non-hydrogen) atoms. The molecule has 4 nitrogen and oxygen atoms in total. The van der Waals surface area contributed by atoms with Gasteiger partial charge in [-0.3, -0.25) is 9.59 Å². The second-order valence-corrected chi connectivity index (χ2v) is 9.27. The van der Waals surface area contributed by atoms with E-state index in [1.807, 2.05) is 20.8 Å². The number of carbonyl (C=O) groups excluding carboxylic acids is 2. The van der Waals surface area contributed by atoms with E-state index in [0.29, 0.717) is 47.3 Å². The van der Waals surface area contributed by atoms with Crippen LogP contribution in [-0.4, -0.2) is 29.3 Å². The summed E-state index contributed by atoms with van der Waals surface area (Å²) in [4.78, 5) is 28.0. The SMILES string of the molecule is CCc1ccc(CCC(=O)N(Cc2c(Cl)cccc2Cl)C(CC)C(=O)NCC(C)C)cc1. The Morgan fingerprint density at radius 2 is 1.56 bits per heavy atom. The molecule has 2 rings (SSSR count). The van der Waals surface area contributed by atoms with Gasteiger partial charge >= 0.3 is 0 Å². The molecule has 0 saturated heterocycles. The van der Waals surface area contributed by atoms with Crippen LogP contribution >= 0.6 is 23.2 Å². The number of nitrogens with one attached hydrogen (secondary N) is 1. The van der Waals surface area contributed by atoms with Gasteiger partial charge in [0.05, 0.1) is 0 Å². The van der Waals surface area contributed by atoms with Crippen LogP contribution in [0.25, 0.3) is 0 Å². The Morgan fingerprint density at radius 1 is 0.969 bits per heavy atom. The van der Waals surface area contributed by atoms with E-state index in [4.69, 9.17) is 23.2 Å². The molecule has 0 aliphatic heterocycles. The first kappa shape index (κ1) is 26.2. The lowest BCUT2D eigenvalue weighted by Crippen LogP contribution is -2.49. The van der Waals surface area contributed by atoms with Crippen molar-refractivity contribution in [2.45, 2.75) is 66.0 Å². The van der Waals surface area contributed by atoms with Crippen LogP contribution in [0.5, 0.6) is 0 Å². The summed E-state index contributed by atoms with van der Waals surface area (Å²) in [5, 5.41) is 3.95. The van der Waals surface area contributed by atoms with E-state index in [1.165, 1.54) is 5.56 Å². The molecule has 0 bridgehead atoms. The van der Waals surface area contributed by atoms with Gasteiger partial charge in [-0.15, -0.1) is 0 Å². The molecule has 0 radical (unpaired) electrons. The fourth-order valence-corrected chi connectivity index (χ4v) is 4.05. The first-order valence-corrected chi connectivity index (χ1v) is 12.1. The molecule has 0 saturated carbocycles. The Hall–Kier alpha value is -2.04. The Kier molecular flexibility index (Phi) is 10.5. The fourth-order valence-electron chi connectivity index (χ4n) is 3.53. The second kappa shape index (κ2) is 12.9. The van der Waals surface area contributed by atoms with Crippen molar-refractivity contribution in [3.63, 3.8) is 0 Å². The van der Waals surface area contributed by atoms with Crippen molar-refractivity contribution >= 4 is 35.0 Å². The quantitative estimate of drug-likeness (QED) is 0.427. The summed E-state index contributed by atoms with van der Waals surface area (Å²) in [6, 6.07) is 13.0. The van der Waals surface area contributed by atoms with E-state index >= 15 is 0 Å². The van der Waals surface area contributed by atoms with Crippen LogP contribution in [0.15, 0.2) is 42.5 Å². The summed E-state index contributed by atoms with van der Waals surface area (Å²) >= 11 is 12.8. The van der Waals surface area contributed by atoms with E-state index in [1.54, 1.807) is 23.1 Å². The highest BCUT2D eigenvalue weighted by molar-refractivity contribution is 6.36. The van der Waals surface area contributed by atoms with E-state index in [0.717, 1.165) is 12.0 Å². The Morgan fingerprint density at radius 3 is 2.09 bits per heavy atom. The van der Waals surface area contributed by atoms with Crippen LogP contribution in [0.1, 0.15) is 57.2 Å². The molecule has 0 aliphatic rings. The van der Waals surface area contributed by atoms with Crippen molar-refractivity contribution in [1.29, 1.82) is 0 Å². The molecule has 174 valence electrons. The maximum Gasteiger partial charge on any atom is 0.242 e. The van der Waals surface area contributed by atoms with Gasteiger partial charge in [0, 0.05) is 35.1 Å². The maximum atomic E-state index is 13.4. The highest BCUT2D eigenvalue weighted by Gasteiger charge is 2.29. The predicted octanol–water partition coefficient (Wildman–Crippen LogP) is 6.07. The number of amides is 2. The smallest absolute Gasteiger partial charge is 0.242 e. The topological polar surface area (TPSA) is 49.4 Å². The van der Waals surface area contributed by atoms with Gasteiger partial charge in [-0.2, -0.15) is 0 Å². The average molecular weight is 477 g/mol. The maximum absolute atomic E-state index is 13.4. The highest BCUT2D eigenvalue weighted by Crippen LogP contribution is 2.27. The van der Waals surface area contributed by atoms with Gasteiger partial charge in [-0.05, 0) is 48.4 Å². The molecule has 2 aromatic carbocycles. The lowest BCUT2D eigenvalue weighted by Gasteiger charge is -2.31. The van der Waals surface area contributed by atoms with Gasteiger partial charge in [-0.25, -0.2) is 0 Å². The minimum atomic E-state index is -0.587. The van der Waals surface area contributed by atoms with Gasteiger partial charge in [-0.1, -0.05) is 81.2 Å². The van der Waals surface area contributed by atoms with Crippen molar-refractivity contribution in [1.82, 2.24) is 10.2 Å². The third kappa shape index (κ3) is 7.53. The van der Waals surface area contributed by atoms with Gasteiger partial charge in [0.15, 0.2) is 0 Å². The molecule has 0 aliphatic carbocycles. The van der Waals surface area contributed by atoms with Gasteiger partial charge in [0.1, 0.15) is 6.04 Å². The Balaban J connectivity index is 2.24. The molecule has 0 spiro atoms. The number of aryl methyl sites for hydroxylation is 2. The lowest BCUT2D eigenvalue weighted by atomic mass is 10.0. The molecule has 2 amide bonds. The number of carbonyl (C=O) groups is 2. The molecular formula is C26H34Cl2N2O2. The van der Waals surface area contributed by atoms with E-state index in [9.17, 15) is 9.59 Å². The molecule has 1 N–H and O–H groups in total. The number of benzene rings is 2. The minimum absolute atomic E-state index is 0.0906. The monoisotopic (exact) mass is 476 g/mol. The van der Waals surface area contributed by atoms with Crippen molar-refractivity contribution in [3.05, 3.63) is 69.2 Å². The van der Waals surface area contributed by atoms with Crippen molar-refractivity contribution < 1.29 is 9.59 Å². The molecule has 2 aromatic rings. The van der Waals surface area contributed by atoms with Crippen LogP contribution in [-0.2, 0) is 29.0 Å². The number of nitrogens with zero attached hydrogens (tertiary/aromatic N) is 1. The first-order chi connectivity index (χ1) is 15.3. The molecule has 0 fully saturated rings. The van der Waals surface area contributed by atoms with Crippen LogP contribution in [0.3, 0.4) is 0 Å².